The van der Waals surface area contributed by atoms with Gasteiger partial charge >= 0.3 is 0 Å². The van der Waals surface area contributed by atoms with E-state index in [1.807, 2.05) is 0 Å². The highest BCUT2D eigenvalue weighted by molar-refractivity contribution is 6.11. The summed E-state index contributed by atoms with van der Waals surface area (Å²) < 4.78 is 0.814. The van der Waals surface area contributed by atoms with Gasteiger partial charge in [0.25, 0.3) is 0 Å². The zero-order chi connectivity index (χ0) is 20.5. The summed E-state index contributed by atoms with van der Waals surface area (Å²) in [6.07, 6.45) is 0. The molecular weight excluding hydrogens is 442 g/mol. The quantitative estimate of drug-likeness (QED) is 0.245. The Bertz CT molecular complexity index is 1620. The number of hydrogen-bond acceptors (Lipinski definition) is 0. The van der Waals surface area contributed by atoms with Crippen molar-refractivity contribution in [3.63, 3.8) is 0 Å². The highest BCUT2D eigenvalue weighted by atomic mass is 79.9. The van der Waals surface area contributed by atoms with Crippen LogP contribution < -0.4 is 21.5 Å². The van der Waals surface area contributed by atoms with E-state index in [0.717, 1.165) is 4.48 Å². The molecule has 152 valence electrons. The zero-order valence-electron chi connectivity index (χ0n) is 18.0. The van der Waals surface area contributed by atoms with Crippen LogP contribution in [0.15, 0.2) is 91.0 Å². The van der Waals surface area contributed by atoms with Gasteiger partial charge < -0.3 is 17.0 Å². The number of quaternary nitrogens is 1. The minimum Gasteiger partial charge on any atom is -1.00 e. The highest BCUT2D eigenvalue weighted by Crippen LogP contribution is 2.35. The molecule has 0 saturated heterocycles. The van der Waals surface area contributed by atoms with E-state index in [0.29, 0.717) is 0 Å². The molecule has 0 aromatic heterocycles. The maximum Gasteiger partial charge on any atom is 0.140 e. The molecule has 0 fully saturated rings. The average molecular weight is 466 g/mol. The van der Waals surface area contributed by atoms with Gasteiger partial charge in [-0.2, -0.15) is 0 Å². The molecule has 0 aliphatic rings. The van der Waals surface area contributed by atoms with Crippen molar-refractivity contribution < 1.29 is 17.0 Å². The third-order valence-electron chi connectivity index (χ3n) is 6.31. The molecule has 6 rings (SSSR count). The molecule has 0 aliphatic carbocycles. The lowest BCUT2D eigenvalue weighted by atomic mass is 9.95. The van der Waals surface area contributed by atoms with Gasteiger partial charge in [-0.15, -0.1) is 0 Å². The zero-order valence-corrected chi connectivity index (χ0v) is 19.6. The number of nitrogens with zero attached hydrogens (tertiary/aromatic N) is 1. The van der Waals surface area contributed by atoms with Gasteiger partial charge in [-0.05, 0) is 103 Å². The monoisotopic (exact) mass is 465 g/mol. The average Bonchev–Trinajstić information content (AvgIpc) is 2.72. The van der Waals surface area contributed by atoms with Gasteiger partial charge in [0.1, 0.15) is 5.69 Å². The van der Waals surface area contributed by atoms with Gasteiger partial charge in [0.15, 0.2) is 0 Å². The molecule has 0 saturated carbocycles. The van der Waals surface area contributed by atoms with Crippen LogP contribution in [-0.4, -0.2) is 21.1 Å². The van der Waals surface area contributed by atoms with Crippen LogP contribution in [0.5, 0.6) is 0 Å². The third-order valence-corrected chi connectivity index (χ3v) is 6.31. The van der Waals surface area contributed by atoms with Crippen molar-refractivity contribution in [3.05, 3.63) is 91.0 Å². The predicted molar refractivity (Wildman–Crippen MR) is 134 cm³/mol. The first-order valence-corrected chi connectivity index (χ1v) is 10.5. The Morgan fingerprint density at radius 3 is 1.29 bits per heavy atom. The van der Waals surface area contributed by atoms with E-state index < -0.39 is 0 Å². The highest BCUT2D eigenvalue weighted by Gasteiger charge is 2.16. The van der Waals surface area contributed by atoms with Crippen LogP contribution in [-0.2, 0) is 0 Å². The molecule has 1 nitrogen and oxygen atoms in total. The molecule has 31 heavy (non-hydrogen) atoms. The molecule has 0 radical (unpaired) electrons. The largest absolute Gasteiger partial charge is 1.00 e. The number of halogens is 1. The van der Waals surface area contributed by atoms with E-state index in [2.05, 4.69) is 112 Å². The number of hydrogen-bond donors (Lipinski definition) is 0. The number of benzene rings is 6. The van der Waals surface area contributed by atoms with Crippen molar-refractivity contribution >= 4 is 59.5 Å². The minimum atomic E-state index is 0. The standard InChI is InChI=1S/C29H24N.BrH/c1-30(2,3)29-10-6-9-21-13-24-16-25-14-22-11-19-7-4-5-8-20(19)12-23(22)15-26(25)17-27(24)18-28(21)29;/h4-18H,1-3H3;1H/q+1;/p-1. The molecule has 0 spiro atoms. The summed E-state index contributed by atoms with van der Waals surface area (Å²) in [5, 5.41) is 13.0. The molecule has 0 aliphatic heterocycles. The third kappa shape index (κ3) is 3.27. The van der Waals surface area contributed by atoms with Gasteiger partial charge in [-0.25, -0.2) is 0 Å². The van der Waals surface area contributed by atoms with Crippen LogP contribution in [0.3, 0.4) is 0 Å². The summed E-state index contributed by atoms with van der Waals surface area (Å²) in [6.45, 7) is 0. The van der Waals surface area contributed by atoms with Gasteiger partial charge in [0.2, 0.25) is 0 Å². The Kier molecular flexibility index (Phi) is 4.55. The second-order valence-corrected chi connectivity index (χ2v) is 9.31. The van der Waals surface area contributed by atoms with E-state index in [4.69, 9.17) is 0 Å². The van der Waals surface area contributed by atoms with Gasteiger partial charge in [0, 0.05) is 5.39 Å². The van der Waals surface area contributed by atoms with Crippen molar-refractivity contribution in [2.45, 2.75) is 0 Å². The summed E-state index contributed by atoms with van der Waals surface area (Å²) in [7, 11) is 6.70. The van der Waals surface area contributed by atoms with Crippen molar-refractivity contribution in [2.75, 3.05) is 21.1 Å². The molecule has 0 bridgehead atoms. The Morgan fingerprint density at radius 2 is 0.806 bits per heavy atom. The van der Waals surface area contributed by atoms with Crippen molar-refractivity contribution in [3.8, 4) is 0 Å². The number of fused-ring (bicyclic) bond motifs is 5. The molecule has 6 aromatic carbocycles. The number of rotatable bonds is 1. The van der Waals surface area contributed by atoms with Crippen LogP contribution in [0, 0.1) is 0 Å². The normalized spacial score (nSPS) is 12.1. The Balaban J connectivity index is 0.00000204. The predicted octanol–water partition coefficient (Wildman–Crippen LogP) is 4.65. The van der Waals surface area contributed by atoms with E-state index in [-0.39, 0.29) is 17.0 Å². The molecular formula is C29H24BrN. The summed E-state index contributed by atoms with van der Waals surface area (Å²) in [5.41, 5.74) is 1.35. The summed E-state index contributed by atoms with van der Waals surface area (Å²) >= 11 is 0. The molecule has 2 heteroatoms. The lowest BCUT2D eigenvalue weighted by molar-refractivity contribution is -0.00000591. The Hall–Kier alpha value is -2.94. The Labute approximate surface area is 192 Å². The molecule has 0 N–H and O–H groups in total. The van der Waals surface area contributed by atoms with Gasteiger partial charge in [-0.3, -0.25) is 4.48 Å². The van der Waals surface area contributed by atoms with Crippen LogP contribution in [0.1, 0.15) is 0 Å². The maximum atomic E-state index is 2.37. The van der Waals surface area contributed by atoms with Crippen molar-refractivity contribution in [1.29, 1.82) is 0 Å². The van der Waals surface area contributed by atoms with Crippen LogP contribution in [0.2, 0.25) is 0 Å². The topological polar surface area (TPSA) is 0 Å². The molecule has 0 atom stereocenters. The second-order valence-electron chi connectivity index (χ2n) is 9.31. The first-order chi connectivity index (χ1) is 14.5. The fourth-order valence-corrected chi connectivity index (χ4v) is 4.79. The van der Waals surface area contributed by atoms with Crippen LogP contribution in [0.4, 0.5) is 5.69 Å². The first kappa shape index (κ1) is 20.0. The molecule has 0 unspecified atom stereocenters. The summed E-state index contributed by atoms with van der Waals surface area (Å²) in [6, 6.07) is 33.9. The lowest BCUT2D eigenvalue weighted by Crippen LogP contribution is -3.00. The van der Waals surface area contributed by atoms with Crippen LogP contribution in [0.25, 0.3) is 53.9 Å². The van der Waals surface area contributed by atoms with Gasteiger partial charge in [-0.1, -0.05) is 36.4 Å². The summed E-state index contributed by atoms with van der Waals surface area (Å²) in [4.78, 5) is 0. The molecule has 0 amide bonds. The first-order valence-electron chi connectivity index (χ1n) is 10.5. The van der Waals surface area contributed by atoms with E-state index in [1.54, 1.807) is 0 Å². The maximum absolute atomic E-state index is 2.37. The van der Waals surface area contributed by atoms with Crippen molar-refractivity contribution in [2.24, 2.45) is 0 Å². The van der Waals surface area contributed by atoms with E-state index in [9.17, 15) is 0 Å². The second kappa shape index (κ2) is 7.05. The molecule has 6 aromatic rings. The summed E-state index contributed by atoms with van der Waals surface area (Å²) in [5.74, 6) is 0. The Morgan fingerprint density at radius 1 is 0.419 bits per heavy atom. The molecule has 0 heterocycles. The fourth-order valence-electron chi connectivity index (χ4n) is 4.79. The van der Waals surface area contributed by atoms with Gasteiger partial charge in [0.05, 0.1) is 21.1 Å². The SMILES string of the molecule is C[N+](C)(C)c1cccc2cc3cc4cc5cc6ccccc6cc5cc4cc3cc12.[Br-]. The van der Waals surface area contributed by atoms with E-state index in [1.165, 1.54) is 59.5 Å². The fraction of sp³-hybridized carbons (Fsp3) is 0.103. The minimum absolute atomic E-state index is 0. The lowest BCUT2D eigenvalue weighted by Gasteiger charge is -2.25. The van der Waals surface area contributed by atoms with Crippen LogP contribution >= 0.6 is 0 Å². The van der Waals surface area contributed by atoms with Crippen molar-refractivity contribution in [1.82, 2.24) is 4.48 Å². The van der Waals surface area contributed by atoms with E-state index >= 15 is 0 Å². The smallest absolute Gasteiger partial charge is 0.140 e.